The zero-order valence-electron chi connectivity index (χ0n) is 16.8. The van der Waals surface area contributed by atoms with Crippen molar-refractivity contribution in [1.82, 2.24) is 4.90 Å². The van der Waals surface area contributed by atoms with Crippen molar-refractivity contribution in [3.05, 3.63) is 75.7 Å². The van der Waals surface area contributed by atoms with Gasteiger partial charge in [0.05, 0.1) is 16.4 Å². The first-order valence-electron chi connectivity index (χ1n) is 9.77. The molecule has 3 aromatic rings. The van der Waals surface area contributed by atoms with Crippen LogP contribution in [-0.2, 0) is 23.0 Å². The molecule has 0 saturated heterocycles. The number of anilines is 1. The molecule has 0 fully saturated rings. The van der Waals surface area contributed by atoms with Gasteiger partial charge in [0.2, 0.25) is 0 Å². The second-order valence-electron chi connectivity index (χ2n) is 7.07. The highest BCUT2D eigenvalue weighted by Crippen LogP contribution is 2.27. The van der Waals surface area contributed by atoms with E-state index in [0.29, 0.717) is 30.1 Å². The van der Waals surface area contributed by atoms with Crippen molar-refractivity contribution < 1.29 is 22.3 Å². The van der Waals surface area contributed by atoms with E-state index in [1.165, 1.54) is 23.5 Å². The Hall–Kier alpha value is -2.91. The molecule has 1 aromatic heterocycles. The number of halogens is 1. The Balaban J connectivity index is 1.53. The lowest BCUT2D eigenvalue weighted by molar-refractivity contribution is 0.0739. The first-order valence-corrected chi connectivity index (χ1v) is 12.1. The number of nitrogens with zero attached hydrogens (tertiary/aromatic N) is 1. The molecule has 0 spiro atoms. The topological polar surface area (TPSA) is 75.7 Å². The predicted molar refractivity (Wildman–Crippen MR) is 118 cm³/mol. The quantitative estimate of drug-likeness (QED) is 0.596. The lowest BCUT2D eigenvalue weighted by Crippen LogP contribution is -2.35. The molecule has 4 rings (SSSR count). The molecule has 0 bridgehead atoms. The summed E-state index contributed by atoms with van der Waals surface area (Å²) >= 11 is 1.40. The number of hydrogen-bond donors (Lipinski definition) is 1. The minimum Gasteiger partial charge on any atom is -0.491 e. The molecule has 9 heteroatoms. The Labute approximate surface area is 184 Å². The molecule has 2 heterocycles. The minimum absolute atomic E-state index is 0.00531. The largest absolute Gasteiger partial charge is 0.491 e. The number of carbonyl (C=O) groups is 1. The molecule has 0 aliphatic carbocycles. The lowest BCUT2D eigenvalue weighted by Gasteiger charge is -2.29. The van der Waals surface area contributed by atoms with Crippen LogP contribution in [-0.4, -0.2) is 32.4 Å². The van der Waals surface area contributed by atoms with Crippen molar-refractivity contribution in [3.8, 4) is 5.75 Å². The number of fused-ring (bicyclic) bond motifs is 1. The molecule has 0 unspecified atom stereocenters. The summed E-state index contributed by atoms with van der Waals surface area (Å²) in [5.74, 6) is -0.764. The first kappa shape index (κ1) is 21.3. The predicted octanol–water partition coefficient (Wildman–Crippen LogP) is 4.29. The van der Waals surface area contributed by atoms with Crippen molar-refractivity contribution in [1.29, 1.82) is 0 Å². The first-order chi connectivity index (χ1) is 14.9. The highest BCUT2D eigenvalue weighted by atomic mass is 32.2. The van der Waals surface area contributed by atoms with Crippen LogP contribution in [0.25, 0.3) is 0 Å². The maximum atomic E-state index is 14.1. The molecule has 1 aliphatic heterocycles. The number of benzene rings is 2. The fraction of sp³-hybridized carbons (Fsp3) is 0.227. The SMILES string of the molecule is CCOc1ccc(S(=O)(=O)Nc2ccc3c(c2)CN(C(=O)c2cccs2)CC3)cc1F. The van der Waals surface area contributed by atoms with E-state index in [2.05, 4.69) is 4.72 Å². The van der Waals surface area contributed by atoms with Gasteiger partial charge >= 0.3 is 0 Å². The van der Waals surface area contributed by atoms with Gasteiger partial charge in [0.1, 0.15) is 0 Å². The third-order valence-electron chi connectivity index (χ3n) is 5.00. The van der Waals surface area contributed by atoms with Crippen molar-refractivity contribution in [2.45, 2.75) is 24.8 Å². The van der Waals surface area contributed by atoms with Crippen LogP contribution < -0.4 is 9.46 Å². The summed E-state index contributed by atoms with van der Waals surface area (Å²) in [5.41, 5.74) is 2.32. The van der Waals surface area contributed by atoms with Crippen LogP contribution in [0.1, 0.15) is 27.7 Å². The Morgan fingerprint density at radius 2 is 2.03 bits per heavy atom. The van der Waals surface area contributed by atoms with Gasteiger partial charge in [-0.05, 0) is 66.2 Å². The van der Waals surface area contributed by atoms with Gasteiger partial charge in [-0.1, -0.05) is 12.1 Å². The molecule has 162 valence electrons. The van der Waals surface area contributed by atoms with E-state index in [9.17, 15) is 17.6 Å². The van der Waals surface area contributed by atoms with Gasteiger partial charge < -0.3 is 9.64 Å². The van der Waals surface area contributed by atoms with Crippen LogP contribution in [0.15, 0.2) is 58.8 Å². The average molecular weight is 461 g/mol. The highest BCUT2D eigenvalue weighted by molar-refractivity contribution is 7.92. The molecule has 0 atom stereocenters. The number of ether oxygens (including phenoxy) is 1. The van der Waals surface area contributed by atoms with E-state index in [-0.39, 0.29) is 23.2 Å². The number of thiophene rings is 1. The van der Waals surface area contributed by atoms with E-state index in [1.54, 1.807) is 30.0 Å². The van der Waals surface area contributed by atoms with Crippen molar-refractivity contribution in [2.24, 2.45) is 0 Å². The van der Waals surface area contributed by atoms with Gasteiger partial charge in [0.25, 0.3) is 15.9 Å². The van der Waals surface area contributed by atoms with Gasteiger partial charge in [-0.2, -0.15) is 0 Å². The summed E-state index contributed by atoms with van der Waals surface area (Å²) in [6.07, 6.45) is 0.698. The molecule has 2 aromatic carbocycles. The fourth-order valence-corrected chi connectivity index (χ4v) is 5.24. The van der Waals surface area contributed by atoms with Crippen LogP contribution >= 0.6 is 11.3 Å². The Morgan fingerprint density at radius 3 is 2.74 bits per heavy atom. The Morgan fingerprint density at radius 1 is 1.19 bits per heavy atom. The molecule has 1 amide bonds. The monoisotopic (exact) mass is 460 g/mol. The lowest BCUT2D eigenvalue weighted by atomic mass is 9.99. The van der Waals surface area contributed by atoms with E-state index in [0.717, 1.165) is 17.2 Å². The van der Waals surface area contributed by atoms with Gasteiger partial charge in [0, 0.05) is 18.8 Å². The van der Waals surface area contributed by atoms with Gasteiger partial charge in [-0.3, -0.25) is 9.52 Å². The number of rotatable bonds is 6. The number of nitrogens with one attached hydrogen (secondary N) is 1. The zero-order valence-corrected chi connectivity index (χ0v) is 18.4. The maximum absolute atomic E-state index is 14.1. The molecule has 1 aliphatic rings. The summed E-state index contributed by atoms with van der Waals surface area (Å²) in [5, 5.41) is 1.86. The molecule has 31 heavy (non-hydrogen) atoms. The van der Waals surface area contributed by atoms with Crippen LogP contribution in [0.3, 0.4) is 0 Å². The van der Waals surface area contributed by atoms with Crippen LogP contribution in [0.5, 0.6) is 5.75 Å². The Bertz CT molecular complexity index is 1210. The van der Waals surface area contributed by atoms with E-state index in [4.69, 9.17) is 4.74 Å². The van der Waals surface area contributed by atoms with E-state index in [1.807, 2.05) is 17.5 Å². The summed E-state index contributed by atoms with van der Waals surface area (Å²) < 4.78 is 47.2. The third-order valence-corrected chi connectivity index (χ3v) is 7.24. The van der Waals surface area contributed by atoms with Crippen LogP contribution in [0.2, 0.25) is 0 Å². The average Bonchev–Trinajstić information content (AvgIpc) is 3.29. The van der Waals surface area contributed by atoms with Crippen molar-refractivity contribution in [3.63, 3.8) is 0 Å². The van der Waals surface area contributed by atoms with Crippen molar-refractivity contribution in [2.75, 3.05) is 17.9 Å². The van der Waals surface area contributed by atoms with Crippen LogP contribution in [0, 0.1) is 5.82 Å². The van der Waals surface area contributed by atoms with Gasteiger partial charge in [-0.25, -0.2) is 12.8 Å². The van der Waals surface area contributed by atoms with E-state index < -0.39 is 15.8 Å². The Kier molecular flexibility index (Phi) is 5.97. The smallest absolute Gasteiger partial charge is 0.264 e. The normalized spacial score (nSPS) is 13.5. The minimum atomic E-state index is -3.98. The standard InChI is InChI=1S/C22H21FN2O4S2/c1-2-29-20-8-7-18(13-19(20)23)31(27,28)24-17-6-5-15-9-10-25(14-16(15)12-17)22(26)21-4-3-11-30-21/h3-8,11-13,24H,2,9-10,14H2,1H3. The molecular formula is C22H21FN2O4S2. The fourth-order valence-electron chi connectivity index (χ4n) is 3.49. The molecule has 6 nitrogen and oxygen atoms in total. The molecule has 1 N–H and O–H groups in total. The summed E-state index contributed by atoms with van der Waals surface area (Å²) in [6.45, 7) is 3.01. The second-order valence-corrected chi connectivity index (χ2v) is 9.70. The number of carbonyl (C=O) groups excluding carboxylic acids is 1. The second kappa shape index (κ2) is 8.68. The zero-order chi connectivity index (χ0) is 22.0. The summed E-state index contributed by atoms with van der Waals surface area (Å²) in [7, 11) is -3.98. The summed E-state index contributed by atoms with van der Waals surface area (Å²) in [4.78, 5) is 14.9. The van der Waals surface area contributed by atoms with Crippen LogP contribution in [0.4, 0.5) is 10.1 Å². The number of hydrogen-bond acceptors (Lipinski definition) is 5. The van der Waals surface area contributed by atoms with Crippen molar-refractivity contribution >= 4 is 33.0 Å². The maximum Gasteiger partial charge on any atom is 0.264 e. The molecular weight excluding hydrogens is 439 g/mol. The highest BCUT2D eigenvalue weighted by Gasteiger charge is 2.23. The molecule has 0 saturated carbocycles. The number of sulfonamides is 1. The third kappa shape index (κ3) is 4.57. The summed E-state index contributed by atoms with van der Waals surface area (Å²) in [6, 6.07) is 12.4. The van der Waals surface area contributed by atoms with Gasteiger partial charge in [-0.15, -0.1) is 11.3 Å². The number of amides is 1. The van der Waals surface area contributed by atoms with Gasteiger partial charge in [0.15, 0.2) is 11.6 Å². The molecule has 0 radical (unpaired) electrons. The van der Waals surface area contributed by atoms with E-state index >= 15 is 0 Å².